The number of Topliss-reactive ketones (excluding diaryl/α,β-unsaturated/α-hetero) is 1. The first-order valence-electron chi connectivity index (χ1n) is 6.13. The summed E-state index contributed by atoms with van der Waals surface area (Å²) in [5.41, 5.74) is 0.215. The summed E-state index contributed by atoms with van der Waals surface area (Å²) in [5, 5.41) is 0. The van der Waals surface area contributed by atoms with Gasteiger partial charge in [0.2, 0.25) is 0 Å². The highest BCUT2D eigenvalue weighted by Crippen LogP contribution is 2.29. The van der Waals surface area contributed by atoms with E-state index in [9.17, 15) is 9.18 Å². The third-order valence-corrected chi connectivity index (χ3v) is 3.16. The Balaban J connectivity index is 1.82. The summed E-state index contributed by atoms with van der Waals surface area (Å²) < 4.78 is 13.4. The highest BCUT2D eigenvalue weighted by molar-refractivity contribution is 5.96. The molecule has 1 fully saturated rings. The first kappa shape index (κ1) is 12.2. The molecule has 0 amide bonds. The summed E-state index contributed by atoms with van der Waals surface area (Å²) in [6.07, 6.45) is 3.02. The fourth-order valence-corrected chi connectivity index (χ4v) is 1.95. The fourth-order valence-electron chi connectivity index (χ4n) is 1.95. The Kier molecular flexibility index (Phi) is 3.89. The van der Waals surface area contributed by atoms with Crippen LogP contribution in [0.2, 0.25) is 0 Å². The van der Waals surface area contributed by atoms with Gasteiger partial charge in [0.1, 0.15) is 5.82 Å². The SMILES string of the molecule is CN(CCC(=O)c1ccccc1F)CC1CC1. The third kappa shape index (κ3) is 3.63. The van der Waals surface area contributed by atoms with Crippen LogP contribution in [0.1, 0.15) is 29.6 Å². The van der Waals surface area contributed by atoms with Crippen LogP contribution >= 0.6 is 0 Å². The Bertz CT molecular complexity index is 401. The van der Waals surface area contributed by atoms with Gasteiger partial charge in [-0.3, -0.25) is 4.79 Å². The molecular formula is C14H18FNO. The van der Waals surface area contributed by atoms with E-state index >= 15 is 0 Å². The lowest BCUT2D eigenvalue weighted by Crippen LogP contribution is -2.24. The molecule has 1 aromatic rings. The van der Waals surface area contributed by atoms with E-state index in [1.807, 2.05) is 7.05 Å². The van der Waals surface area contributed by atoms with E-state index in [1.54, 1.807) is 18.2 Å². The summed E-state index contributed by atoms with van der Waals surface area (Å²) in [6, 6.07) is 6.19. The largest absolute Gasteiger partial charge is 0.306 e. The zero-order chi connectivity index (χ0) is 12.3. The number of carbonyl (C=O) groups is 1. The average Bonchev–Trinajstić information content (AvgIpc) is 3.10. The minimum Gasteiger partial charge on any atom is -0.306 e. The molecule has 0 radical (unpaired) electrons. The maximum atomic E-state index is 13.4. The molecular weight excluding hydrogens is 217 g/mol. The predicted octanol–water partition coefficient (Wildman–Crippen LogP) is 2.74. The van der Waals surface area contributed by atoms with Crippen LogP contribution in [0.25, 0.3) is 0 Å². The molecule has 0 aliphatic heterocycles. The topological polar surface area (TPSA) is 20.3 Å². The van der Waals surface area contributed by atoms with Crippen LogP contribution in [-0.4, -0.2) is 30.8 Å². The van der Waals surface area contributed by atoms with Crippen molar-refractivity contribution in [2.75, 3.05) is 20.1 Å². The van der Waals surface area contributed by atoms with Crippen molar-refractivity contribution in [3.63, 3.8) is 0 Å². The van der Waals surface area contributed by atoms with Crippen molar-refractivity contribution in [3.05, 3.63) is 35.6 Å². The van der Waals surface area contributed by atoms with Gasteiger partial charge in [0.05, 0.1) is 5.56 Å². The van der Waals surface area contributed by atoms with E-state index in [4.69, 9.17) is 0 Å². The molecule has 2 nitrogen and oxygen atoms in total. The highest BCUT2D eigenvalue weighted by Gasteiger charge is 2.23. The second-order valence-corrected chi connectivity index (χ2v) is 4.86. The molecule has 3 heteroatoms. The number of halogens is 1. The molecule has 0 heterocycles. The standard InChI is InChI=1S/C14H18FNO/c1-16(10-11-6-7-11)9-8-14(17)12-4-2-3-5-13(12)15/h2-5,11H,6-10H2,1H3. The number of hydrogen-bond donors (Lipinski definition) is 0. The Morgan fingerprint density at radius 2 is 2.12 bits per heavy atom. The minimum atomic E-state index is -0.414. The number of carbonyl (C=O) groups excluding carboxylic acids is 1. The molecule has 0 saturated heterocycles. The van der Waals surface area contributed by atoms with Crippen molar-refractivity contribution in [3.8, 4) is 0 Å². The van der Waals surface area contributed by atoms with Gasteiger partial charge in [-0.2, -0.15) is 0 Å². The van der Waals surface area contributed by atoms with Crippen LogP contribution in [0.15, 0.2) is 24.3 Å². The van der Waals surface area contributed by atoms with Crippen LogP contribution in [0, 0.1) is 11.7 Å². The maximum absolute atomic E-state index is 13.4. The van der Waals surface area contributed by atoms with Gasteiger partial charge in [0, 0.05) is 19.5 Å². The van der Waals surface area contributed by atoms with Crippen LogP contribution in [0.4, 0.5) is 4.39 Å². The van der Waals surface area contributed by atoms with E-state index < -0.39 is 5.82 Å². The molecule has 1 aromatic carbocycles. The summed E-state index contributed by atoms with van der Waals surface area (Å²) in [7, 11) is 2.02. The first-order valence-corrected chi connectivity index (χ1v) is 6.13. The zero-order valence-electron chi connectivity index (χ0n) is 10.2. The lowest BCUT2D eigenvalue weighted by atomic mass is 10.1. The van der Waals surface area contributed by atoms with E-state index in [2.05, 4.69) is 4.90 Å². The van der Waals surface area contributed by atoms with Gasteiger partial charge in [0.15, 0.2) is 5.78 Å². The molecule has 0 spiro atoms. The monoisotopic (exact) mass is 235 g/mol. The van der Waals surface area contributed by atoms with E-state index in [-0.39, 0.29) is 11.3 Å². The summed E-state index contributed by atoms with van der Waals surface area (Å²) in [4.78, 5) is 14.0. The number of rotatable bonds is 6. The molecule has 0 unspecified atom stereocenters. The van der Waals surface area contributed by atoms with Gasteiger partial charge in [-0.05, 0) is 37.9 Å². The number of benzene rings is 1. The molecule has 17 heavy (non-hydrogen) atoms. The molecule has 0 aromatic heterocycles. The summed E-state index contributed by atoms with van der Waals surface area (Å²) in [5.74, 6) is 0.302. The third-order valence-electron chi connectivity index (χ3n) is 3.16. The van der Waals surface area contributed by atoms with Crippen LogP contribution in [0.3, 0.4) is 0 Å². The second-order valence-electron chi connectivity index (χ2n) is 4.86. The van der Waals surface area contributed by atoms with Crippen molar-refractivity contribution >= 4 is 5.78 Å². The van der Waals surface area contributed by atoms with Gasteiger partial charge in [-0.25, -0.2) is 4.39 Å². The molecule has 0 atom stereocenters. The predicted molar refractivity (Wildman–Crippen MR) is 65.6 cm³/mol. The average molecular weight is 235 g/mol. The van der Waals surface area contributed by atoms with Crippen LogP contribution in [0.5, 0.6) is 0 Å². The van der Waals surface area contributed by atoms with Gasteiger partial charge in [0.25, 0.3) is 0 Å². The van der Waals surface area contributed by atoms with Crippen molar-refractivity contribution in [2.45, 2.75) is 19.3 Å². The van der Waals surface area contributed by atoms with E-state index in [0.29, 0.717) is 13.0 Å². The molecule has 0 N–H and O–H groups in total. The molecule has 1 aliphatic carbocycles. The van der Waals surface area contributed by atoms with Gasteiger partial charge < -0.3 is 4.90 Å². The number of ketones is 1. The number of hydrogen-bond acceptors (Lipinski definition) is 2. The Morgan fingerprint density at radius 3 is 2.76 bits per heavy atom. The summed E-state index contributed by atoms with van der Waals surface area (Å²) >= 11 is 0. The van der Waals surface area contributed by atoms with Gasteiger partial charge in [-0.1, -0.05) is 12.1 Å². The molecule has 92 valence electrons. The zero-order valence-corrected chi connectivity index (χ0v) is 10.2. The second kappa shape index (κ2) is 5.41. The Morgan fingerprint density at radius 1 is 1.41 bits per heavy atom. The molecule has 0 bridgehead atoms. The van der Waals surface area contributed by atoms with Crippen molar-refractivity contribution in [1.82, 2.24) is 4.90 Å². The molecule has 1 saturated carbocycles. The van der Waals surface area contributed by atoms with E-state index in [1.165, 1.54) is 18.9 Å². The van der Waals surface area contributed by atoms with Crippen LogP contribution in [-0.2, 0) is 0 Å². The first-order chi connectivity index (χ1) is 8.16. The lowest BCUT2D eigenvalue weighted by molar-refractivity contribution is 0.0964. The Hall–Kier alpha value is -1.22. The van der Waals surface area contributed by atoms with E-state index in [0.717, 1.165) is 12.5 Å². The molecule has 2 rings (SSSR count). The van der Waals surface area contributed by atoms with Crippen molar-refractivity contribution in [2.24, 2.45) is 5.92 Å². The maximum Gasteiger partial charge on any atom is 0.167 e. The lowest BCUT2D eigenvalue weighted by Gasteiger charge is -2.15. The fraction of sp³-hybridized carbons (Fsp3) is 0.500. The minimum absolute atomic E-state index is 0.106. The number of nitrogens with zero attached hydrogens (tertiary/aromatic N) is 1. The summed E-state index contributed by atoms with van der Waals surface area (Å²) in [6.45, 7) is 1.77. The highest BCUT2D eigenvalue weighted by atomic mass is 19.1. The van der Waals surface area contributed by atoms with Crippen molar-refractivity contribution < 1.29 is 9.18 Å². The van der Waals surface area contributed by atoms with Crippen LogP contribution < -0.4 is 0 Å². The van der Waals surface area contributed by atoms with Crippen molar-refractivity contribution in [1.29, 1.82) is 0 Å². The van der Waals surface area contributed by atoms with Gasteiger partial charge >= 0.3 is 0 Å². The quantitative estimate of drug-likeness (QED) is 0.707. The normalized spacial score (nSPS) is 15.2. The Labute approximate surface area is 101 Å². The molecule has 1 aliphatic rings. The van der Waals surface area contributed by atoms with Gasteiger partial charge in [-0.15, -0.1) is 0 Å². The smallest absolute Gasteiger partial charge is 0.167 e.